The van der Waals surface area contributed by atoms with Crippen LogP contribution in [0.2, 0.25) is 5.02 Å². The molecule has 1 aromatic carbocycles. The van der Waals surface area contributed by atoms with Crippen molar-refractivity contribution < 1.29 is 22.1 Å². The Bertz CT molecular complexity index is 958. The quantitative estimate of drug-likeness (QED) is 0.669. The van der Waals surface area contributed by atoms with E-state index in [2.05, 4.69) is 15.1 Å². The van der Waals surface area contributed by atoms with Crippen LogP contribution in [0.4, 0.5) is 17.6 Å². The van der Waals surface area contributed by atoms with E-state index in [1.54, 1.807) is 6.92 Å². The van der Waals surface area contributed by atoms with Crippen LogP contribution in [0.1, 0.15) is 28.5 Å². The monoisotopic (exact) mass is 400 g/mol. The van der Waals surface area contributed by atoms with Crippen molar-refractivity contribution in [1.29, 1.82) is 0 Å². The highest BCUT2D eigenvalue weighted by molar-refractivity contribution is 6.30. The number of rotatable bonds is 4. The molecule has 0 amide bonds. The highest BCUT2D eigenvalue weighted by Gasteiger charge is 2.38. The number of hydrogen-bond donors (Lipinski definition) is 1. The number of nitrogens with two attached hydrogens (primary N) is 1. The molecule has 0 fully saturated rings. The molecule has 142 valence electrons. The van der Waals surface area contributed by atoms with E-state index in [0.29, 0.717) is 16.9 Å². The van der Waals surface area contributed by atoms with E-state index < -0.39 is 23.1 Å². The summed E-state index contributed by atoms with van der Waals surface area (Å²) in [6.45, 7) is 1.58. The first kappa shape index (κ1) is 19.2. The molecule has 2 N–H and O–H groups in total. The molecule has 0 radical (unpaired) electrons. The zero-order chi connectivity index (χ0) is 19.8. The Kier molecular flexibility index (Phi) is 4.92. The summed E-state index contributed by atoms with van der Waals surface area (Å²) in [6, 6.07) is 5.03. The van der Waals surface area contributed by atoms with Crippen LogP contribution in [-0.2, 0) is 18.1 Å². The Morgan fingerprint density at radius 1 is 1.15 bits per heavy atom. The standard InChI is InChI=1S/C17H13ClF4N4O/c1-9-25-15(27-26-9)7-16(23,14-3-2-12(18)8-24-14)10-4-11(17(20,21)22)6-13(19)5-10/h2-6,8H,7,23H2,1H3/t16-/m1/s1. The van der Waals surface area contributed by atoms with Gasteiger partial charge in [-0.3, -0.25) is 4.98 Å². The lowest BCUT2D eigenvalue weighted by Gasteiger charge is -2.29. The van der Waals surface area contributed by atoms with Crippen LogP contribution in [0.15, 0.2) is 41.1 Å². The summed E-state index contributed by atoms with van der Waals surface area (Å²) < 4.78 is 58.4. The highest BCUT2D eigenvalue weighted by Crippen LogP contribution is 2.36. The third-order valence-corrected chi connectivity index (χ3v) is 4.15. The van der Waals surface area contributed by atoms with Crippen molar-refractivity contribution in [1.82, 2.24) is 15.1 Å². The average Bonchev–Trinajstić information content (AvgIpc) is 2.98. The minimum absolute atomic E-state index is 0.0737. The molecule has 0 aliphatic heterocycles. The summed E-state index contributed by atoms with van der Waals surface area (Å²) in [5.74, 6) is -0.679. The second kappa shape index (κ2) is 6.90. The number of halogens is 5. The van der Waals surface area contributed by atoms with Crippen LogP contribution in [0.5, 0.6) is 0 Å². The Hall–Kier alpha value is -2.52. The Morgan fingerprint density at radius 3 is 2.41 bits per heavy atom. The van der Waals surface area contributed by atoms with E-state index in [9.17, 15) is 17.6 Å². The predicted octanol–water partition coefficient (Wildman–Crippen LogP) is 4.03. The van der Waals surface area contributed by atoms with Gasteiger partial charge in [0.05, 0.1) is 28.2 Å². The molecule has 3 rings (SSSR count). The molecule has 2 aromatic heterocycles. The van der Waals surface area contributed by atoms with Crippen LogP contribution in [0, 0.1) is 12.7 Å². The molecule has 0 unspecified atom stereocenters. The molecule has 0 saturated carbocycles. The van der Waals surface area contributed by atoms with Gasteiger partial charge in [0.1, 0.15) is 5.82 Å². The number of pyridine rings is 1. The van der Waals surface area contributed by atoms with E-state index in [-0.39, 0.29) is 23.6 Å². The Morgan fingerprint density at radius 2 is 1.85 bits per heavy atom. The fourth-order valence-corrected chi connectivity index (χ4v) is 2.75. The van der Waals surface area contributed by atoms with Gasteiger partial charge in [0.2, 0.25) is 5.89 Å². The normalized spacial score (nSPS) is 14.2. The van der Waals surface area contributed by atoms with Gasteiger partial charge in [-0.1, -0.05) is 16.8 Å². The summed E-state index contributed by atoms with van der Waals surface area (Å²) in [5, 5.41) is 3.95. The SMILES string of the molecule is Cc1noc(C[C@@](N)(c2cc(F)cc(C(F)(F)F)c2)c2ccc(Cl)cn2)n1. The molecule has 1 atom stereocenters. The molecule has 0 aliphatic carbocycles. The zero-order valence-corrected chi connectivity index (χ0v) is 14.6. The minimum atomic E-state index is -4.74. The molecular formula is C17H13ClF4N4O. The molecule has 0 spiro atoms. The van der Waals surface area contributed by atoms with E-state index in [0.717, 1.165) is 12.1 Å². The van der Waals surface area contributed by atoms with Crippen molar-refractivity contribution in [3.8, 4) is 0 Å². The van der Waals surface area contributed by atoms with E-state index >= 15 is 0 Å². The van der Waals surface area contributed by atoms with Crippen LogP contribution in [-0.4, -0.2) is 15.1 Å². The fourth-order valence-electron chi connectivity index (χ4n) is 2.64. The fraction of sp³-hybridized carbons (Fsp3) is 0.235. The van der Waals surface area contributed by atoms with Crippen molar-refractivity contribution in [3.05, 3.63) is 75.9 Å². The van der Waals surface area contributed by atoms with Gasteiger partial charge >= 0.3 is 6.18 Å². The van der Waals surface area contributed by atoms with Gasteiger partial charge in [0, 0.05) is 6.20 Å². The second-order valence-electron chi connectivity index (χ2n) is 5.97. The summed E-state index contributed by atoms with van der Waals surface area (Å²) in [7, 11) is 0. The maximum absolute atomic E-state index is 14.0. The lowest BCUT2D eigenvalue weighted by molar-refractivity contribution is -0.137. The van der Waals surface area contributed by atoms with Crippen LogP contribution < -0.4 is 5.73 Å². The first-order chi connectivity index (χ1) is 12.6. The summed E-state index contributed by atoms with van der Waals surface area (Å²) >= 11 is 5.83. The molecule has 10 heteroatoms. The molecule has 5 nitrogen and oxygen atoms in total. The smallest absolute Gasteiger partial charge is 0.339 e. The average molecular weight is 401 g/mol. The first-order valence-electron chi connectivity index (χ1n) is 7.66. The summed E-state index contributed by atoms with van der Waals surface area (Å²) in [4.78, 5) is 8.13. The van der Waals surface area contributed by atoms with Crippen molar-refractivity contribution in [3.63, 3.8) is 0 Å². The van der Waals surface area contributed by atoms with Gasteiger partial charge in [0.15, 0.2) is 5.82 Å². The number of alkyl halides is 3. The second-order valence-corrected chi connectivity index (χ2v) is 6.41. The first-order valence-corrected chi connectivity index (χ1v) is 8.04. The molecule has 2 heterocycles. The van der Waals surface area contributed by atoms with Gasteiger partial charge in [-0.2, -0.15) is 18.2 Å². The molecule has 0 saturated heterocycles. The number of hydrogen-bond acceptors (Lipinski definition) is 5. The van der Waals surface area contributed by atoms with Crippen LogP contribution in [0.3, 0.4) is 0 Å². The highest BCUT2D eigenvalue weighted by atomic mass is 35.5. The van der Waals surface area contributed by atoms with Gasteiger partial charge < -0.3 is 10.3 Å². The predicted molar refractivity (Wildman–Crippen MR) is 88.4 cm³/mol. The van der Waals surface area contributed by atoms with E-state index in [4.69, 9.17) is 21.9 Å². The Labute approximate surface area is 156 Å². The number of aromatic nitrogens is 3. The molecule has 0 bridgehead atoms. The Balaban J connectivity index is 2.17. The van der Waals surface area contributed by atoms with Gasteiger partial charge in [0.25, 0.3) is 0 Å². The lowest BCUT2D eigenvalue weighted by atomic mass is 9.83. The van der Waals surface area contributed by atoms with Crippen LogP contribution >= 0.6 is 11.6 Å². The number of aryl methyl sites for hydroxylation is 1. The maximum Gasteiger partial charge on any atom is 0.416 e. The largest absolute Gasteiger partial charge is 0.416 e. The van der Waals surface area contributed by atoms with Crippen molar-refractivity contribution in [2.75, 3.05) is 0 Å². The maximum atomic E-state index is 14.0. The van der Waals surface area contributed by atoms with Gasteiger partial charge in [-0.25, -0.2) is 4.39 Å². The van der Waals surface area contributed by atoms with Crippen molar-refractivity contribution in [2.24, 2.45) is 5.73 Å². The molecular weight excluding hydrogens is 388 g/mol. The van der Waals surface area contributed by atoms with E-state index in [1.165, 1.54) is 18.3 Å². The molecule has 0 aliphatic rings. The third-order valence-electron chi connectivity index (χ3n) is 3.92. The van der Waals surface area contributed by atoms with Crippen molar-refractivity contribution in [2.45, 2.75) is 25.1 Å². The minimum Gasteiger partial charge on any atom is -0.339 e. The summed E-state index contributed by atoms with van der Waals surface area (Å²) in [6.07, 6.45) is -3.64. The lowest BCUT2D eigenvalue weighted by Crippen LogP contribution is -2.41. The zero-order valence-electron chi connectivity index (χ0n) is 13.9. The van der Waals surface area contributed by atoms with Crippen molar-refractivity contribution >= 4 is 11.6 Å². The topological polar surface area (TPSA) is 77.8 Å². The van der Waals surface area contributed by atoms with Gasteiger partial charge in [-0.05, 0) is 42.8 Å². The molecule has 3 aromatic rings. The summed E-state index contributed by atoms with van der Waals surface area (Å²) in [5.41, 5.74) is 3.65. The number of benzene rings is 1. The van der Waals surface area contributed by atoms with Gasteiger partial charge in [-0.15, -0.1) is 0 Å². The van der Waals surface area contributed by atoms with Crippen LogP contribution in [0.25, 0.3) is 0 Å². The van der Waals surface area contributed by atoms with E-state index in [1.807, 2.05) is 0 Å². The number of nitrogens with zero attached hydrogens (tertiary/aromatic N) is 3. The third kappa shape index (κ3) is 4.09. The molecule has 27 heavy (non-hydrogen) atoms.